The highest BCUT2D eigenvalue weighted by Crippen LogP contribution is 2.55. The molecule has 2 bridgehead atoms. The zero-order valence-corrected chi connectivity index (χ0v) is 26.4. The maximum absolute atomic E-state index is 16.1. The number of carboxylic acid groups (broad SMARTS) is 2. The first-order valence-corrected chi connectivity index (χ1v) is 16.8. The largest absolute Gasteiger partial charge is 0.473 e. The summed E-state index contributed by atoms with van der Waals surface area (Å²) in [6.07, 6.45) is 9.16. The molecule has 1 spiro atoms. The molecule has 0 unspecified atom stereocenters. The minimum atomic E-state index is -3.09. The monoisotopic (exact) mass is 664 g/mol. The van der Waals surface area contributed by atoms with E-state index >= 15 is 8.78 Å². The molecule has 250 valence electrons. The number of nitrogens with one attached hydrogen (secondary N) is 4. The van der Waals surface area contributed by atoms with Gasteiger partial charge in [-0.15, -0.1) is 0 Å². The summed E-state index contributed by atoms with van der Waals surface area (Å²) in [6, 6.07) is 18.0. The lowest BCUT2D eigenvalue weighted by molar-refractivity contribution is -0.159. The van der Waals surface area contributed by atoms with E-state index in [9.17, 15) is 0 Å². The van der Waals surface area contributed by atoms with Gasteiger partial charge in [0.25, 0.3) is 5.92 Å². The van der Waals surface area contributed by atoms with Crippen LogP contribution in [0.15, 0.2) is 60.8 Å². The Kier molecular flexibility index (Phi) is 6.63. The van der Waals surface area contributed by atoms with Gasteiger partial charge in [-0.2, -0.15) is 8.78 Å². The molecule has 0 amide bonds. The Hall–Kier alpha value is -4.94. The van der Waals surface area contributed by atoms with Gasteiger partial charge >= 0.3 is 11.9 Å². The van der Waals surface area contributed by atoms with E-state index in [1.807, 2.05) is 42.5 Å². The Morgan fingerprint density at radius 2 is 1.53 bits per heavy atom. The lowest BCUT2D eigenvalue weighted by Gasteiger charge is -2.20. The van der Waals surface area contributed by atoms with E-state index in [2.05, 4.69) is 25.6 Å². The highest BCUT2D eigenvalue weighted by molar-refractivity contribution is 6.27. The number of nitrogens with zero attached hydrogens (tertiary/aromatic N) is 2. The number of carboxylic acids is 2. The van der Waals surface area contributed by atoms with E-state index in [1.165, 1.54) is 32.1 Å². The van der Waals surface area contributed by atoms with E-state index in [1.54, 1.807) is 18.3 Å². The zero-order valence-electron chi connectivity index (χ0n) is 26.4. The molecule has 2 aromatic heterocycles. The lowest BCUT2D eigenvalue weighted by atomic mass is 9.98. The first-order valence-electron chi connectivity index (χ1n) is 16.8. The van der Waals surface area contributed by atoms with Crippen LogP contribution in [0.4, 0.5) is 8.78 Å². The van der Waals surface area contributed by atoms with Gasteiger partial charge < -0.3 is 30.8 Å². The summed E-state index contributed by atoms with van der Waals surface area (Å²) < 4.78 is 32.2. The molecule has 2 saturated heterocycles. The minimum Gasteiger partial charge on any atom is -0.473 e. The van der Waals surface area contributed by atoms with Crippen LogP contribution in [0.3, 0.4) is 0 Å². The van der Waals surface area contributed by atoms with Crippen LogP contribution in [0.2, 0.25) is 0 Å². The number of halogens is 2. The third-order valence-electron chi connectivity index (χ3n) is 11.2. The Balaban J connectivity index is 0.000000501. The number of aliphatic carboxylic acids is 2. The molecule has 4 fully saturated rings. The van der Waals surface area contributed by atoms with Crippen LogP contribution in [0.1, 0.15) is 73.4 Å². The molecule has 0 radical (unpaired) electrons. The van der Waals surface area contributed by atoms with Crippen LogP contribution >= 0.6 is 0 Å². The summed E-state index contributed by atoms with van der Waals surface area (Å²) in [5.74, 6) is -4.22. The molecule has 10 rings (SSSR count). The van der Waals surface area contributed by atoms with Crippen molar-refractivity contribution < 1.29 is 28.6 Å². The molecule has 2 aliphatic heterocycles. The number of alkyl halides is 2. The van der Waals surface area contributed by atoms with E-state index in [-0.39, 0.29) is 23.2 Å². The van der Waals surface area contributed by atoms with Gasteiger partial charge in [0.15, 0.2) is 0 Å². The molecule has 5 aromatic rings. The molecule has 6 N–H and O–H groups in total. The third-order valence-corrected chi connectivity index (χ3v) is 11.2. The van der Waals surface area contributed by atoms with E-state index < -0.39 is 17.9 Å². The number of imidazole rings is 2. The average molecular weight is 665 g/mol. The van der Waals surface area contributed by atoms with Crippen molar-refractivity contribution in [3.63, 3.8) is 0 Å². The van der Waals surface area contributed by atoms with Crippen molar-refractivity contribution in [2.45, 2.75) is 62.6 Å². The van der Waals surface area contributed by atoms with Crippen LogP contribution in [-0.2, 0) is 15.5 Å². The first kappa shape index (κ1) is 30.1. The fourth-order valence-electron chi connectivity index (χ4n) is 8.42. The van der Waals surface area contributed by atoms with Crippen molar-refractivity contribution in [1.29, 1.82) is 0 Å². The maximum Gasteiger partial charge on any atom is 0.414 e. The smallest absolute Gasteiger partial charge is 0.414 e. The summed E-state index contributed by atoms with van der Waals surface area (Å²) in [5.41, 5.74) is 6.79. The number of hydrogen-bond donors (Lipinski definition) is 6. The highest BCUT2D eigenvalue weighted by atomic mass is 19.3. The molecule has 10 nitrogen and oxygen atoms in total. The third kappa shape index (κ3) is 5.04. The Labute approximate surface area is 279 Å². The van der Waals surface area contributed by atoms with Crippen molar-refractivity contribution in [3.8, 4) is 33.5 Å². The van der Waals surface area contributed by atoms with Crippen molar-refractivity contribution in [2.75, 3.05) is 6.54 Å². The molecule has 3 aromatic carbocycles. The second kappa shape index (κ2) is 10.8. The predicted molar refractivity (Wildman–Crippen MR) is 177 cm³/mol. The van der Waals surface area contributed by atoms with Gasteiger partial charge in [-0.05, 0) is 96.4 Å². The SMILES string of the molecule is FC1(F)c2cc(-c3ccc4nc([C@H]5N[C@@H]6CC[C@H]5C6)[nH]c4c3)ccc2-c2ccc(-c3cnc([C@@H]4CC5(CC5)CN4)[nH]3)cc21.O=C(O)C(=O)O. The zero-order chi connectivity index (χ0) is 33.7. The fourth-order valence-corrected chi connectivity index (χ4v) is 8.42. The van der Waals surface area contributed by atoms with Crippen molar-refractivity contribution in [1.82, 2.24) is 30.6 Å². The van der Waals surface area contributed by atoms with Gasteiger partial charge in [0, 0.05) is 29.3 Å². The van der Waals surface area contributed by atoms with E-state index in [0.29, 0.717) is 28.5 Å². The average Bonchev–Trinajstić information content (AvgIpc) is 3.76. The number of aromatic amines is 2. The summed E-state index contributed by atoms with van der Waals surface area (Å²) >= 11 is 0. The Morgan fingerprint density at radius 1 is 0.837 bits per heavy atom. The molecule has 4 heterocycles. The topological polar surface area (TPSA) is 156 Å². The van der Waals surface area contributed by atoms with Crippen LogP contribution in [0.25, 0.3) is 44.5 Å². The van der Waals surface area contributed by atoms with Crippen molar-refractivity contribution in [2.24, 2.45) is 11.3 Å². The number of carbonyl (C=O) groups is 2. The molecule has 3 aliphatic carbocycles. The Morgan fingerprint density at radius 3 is 2.18 bits per heavy atom. The first-order chi connectivity index (χ1) is 23.6. The normalized spacial score (nSPS) is 24.9. The van der Waals surface area contributed by atoms with Gasteiger partial charge in [-0.25, -0.2) is 19.6 Å². The number of aromatic nitrogens is 4. The highest BCUT2D eigenvalue weighted by Gasteiger charge is 2.49. The molecule has 2 saturated carbocycles. The van der Waals surface area contributed by atoms with Gasteiger partial charge in [0.2, 0.25) is 0 Å². The molecule has 49 heavy (non-hydrogen) atoms. The number of benzene rings is 3. The molecule has 12 heteroatoms. The van der Waals surface area contributed by atoms with Crippen LogP contribution in [-0.4, -0.2) is 54.7 Å². The predicted octanol–water partition coefficient (Wildman–Crippen LogP) is 6.52. The van der Waals surface area contributed by atoms with Gasteiger partial charge in [-0.1, -0.05) is 30.3 Å². The second-order valence-corrected chi connectivity index (χ2v) is 14.3. The standard InChI is InChI=1S/C35H32F2N6.C2H2O4/c36-35(37)25-12-18(19-4-8-27-28(14-19)42-33(41-27)31-21-1-5-22(11-21)40-31)2-6-23(25)24-7-3-20(13-26(24)35)30-16-38-32(43-30)29-15-34(9-10-34)17-39-29;3-1(4)2(5)6/h2-4,6-8,12-14,16,21-22,29,31,39-40H,1,5,9-11,15,17H2,(H,38,43)(H,41,42);(H,3,4)(H,5,6)/t21-,22+,29-,31-;/m0./s1. The van der Waals surface area contributed by atoms with Crippen LogP contribution < -0.4 is 10.6 Å². The maximum atomic E-state index is 16.1. The minimum absolute atomic E-state index is 0.0521. The fraction of sp³-hybridized carbons (Fsp3) is 0.351. The summed E-state index contributed by atoms with van der Waals surface area (Å²) in [5, 5.41) is 22.1. The van der Waals surface area contributed by atoms with Crippen molar-refractivity contribution >= 4 is 23.0 Å². The second-order valence-electron chi connectivity index (χ2n) is 14.3. The number of hydrogen-bond acceptors (Lipinski definition) is 6. The quantitative estimate of drug-likeness (QED) is 0.119. The van der Waals surface area contributed by atoms with Crippen molar-refractivity contribution in [3.05, 3.63) is 83.6 Å². The molecular formula is C37H34F2N6O4. The summed E-state index contributed by atoms with van der Waals surface area (Å²) in [4.78, 5) is 34.6. The molecule has 5 aliphatic rings. The van der Waals surface area contributed by atoms with Crippen LogP contribution in [0.5, 0.6) is 0 Å². The number of H-pyrrole nitrogens is 2. The molecular weight excluding hydrogens is 630 g/mol. The van der Waals surface area contributed by atoms with E-state index in [4.69, 9.17) is 24.8 Å². The summed E-state index contributed by atoms with van der Waals surface area (Å²) in [7, 11) is 0. The lowest BCUT2D eigenvalue weighted by Crippen LogP contribution is -2.29. The van der Waals surface area contributed by atoms with Crippen LogP contribution in [0, 0.1) is 11.3 Å². The molecule has 4 atom stereocenters. The summed E-state index contributed by atoms with van der Waals surface area (Å²) in [6.45, 7) is 1.04. The van der Waals surface area contributed by atoms with E-state index in [0.717, 1.165) is 58.0 Å². The van der Waals surface area contributed by atoms with Gasteiger partial charge in [0.1, 0.15) is 11.6 Å². The van der Waals surface area contributed by atoms with Gasteiger partial charge in [-0.3, -0.25) is 0 Å². The number of fused-ring (bicyclic) bond motifs is 6. The number of rotatable bonds is 4. The van der Waals surface area contributed by atoms with Gasteiger partial charge in [0.05, 0.1) is 35.0 Å². The Bertz CT molecular complexity index is 2160. The number of piperidine rings is 1.